The summed E-state index contributed by atoms with van der Waals surface area (Å²) in [5.74, 6) is 1.48. The predicted molar refractivity (Wildman–Crippen MR) is 104 cm³/mol. The smallest absolute Gasteiger partial charge is 0.322 e. The van der Waals surface area contributed by atoms with Crippen LogP contribution in [0.1, 0.15) is 0 Å². The molecule has 4 rings (SSSR count). The van der Waals surface area contributed by atoms with Gasteiger partial charge in [0, 0.05) is 26.2 Å². The molecule has 1 saturated heterocycles. The van der Waals surface area contributed by atoms with Crippen molar-refractivity contribution in [3.63, 3.8) is 0 Å². The summed E-state index contributed by atoms with van der Waals surface area (Å²) in [7, 11) is 0. The summed E-state index contributed by atoms with van der Waals surface area (Å²) in [6, 6.07) is 14.5. The molecule has 2 aromatic heterocycles. The van der Waals surface area contributed by atoms with Crippen molar-refractivity contribution in [3.05, 3.63) is 59.8 Å². The highest BCUT2D eigenvalue weighted by molar-refractivity contribution is 6.33. The van der Waals surface area contributed by atoms with Crippen molar-refractivity contribution in [3.8, 4) is 11.5 Å². The number of hydrogen-bond donors (Lipinski definition) is 1. The minimum absolute atomic E-state index is 0.151. The van der Waals surface area contributed by atoms with Crippen LogP contribution in [-0.2, 0) is 0 Å². The maximum absolute atomic E-state index is 12.4. The van der Waals surface area contributed by atoms with Gasteiger partial charge in [0.15, 0.2) is 11.6 Å². The van der Waals surface area contributed by atoms with E-state index in [1.165, 1.54) is 0 Å². The molecule has 1 aliphatic rings. The molecule has 0 aliphatic carbocycles. The summed E-state index contributed by atoms with van der Waals surface area (Å²) in [5.41, 5.74) is 1.31. The molecule has 8 heteroatoms. The predicted octanol–water partition coefficient (Wildman–Crippen LogP) is 3.74. The van der Waals surface area contributed by atoms with Crippen LogP contribution in [0.15, 0.2) is 59.2 Å². The van der Waals surface area contributed by atoms with E-state index < -0.39 is 0 Å². The first-order valence-electron chi connectivity index (χ1n) is 8.64. The SMILES string of the molecule is O=C(Nc1ccccc1Cl)N1CCN(c2ccc(-c3ccco3)nn2)CC1. The molecule has 0 spiro atoms. The van der Waals surface area contributed by atoms with Crippen molar-refractivity contribution in [2.24, 2.45) is 0 Å². The Bertz CT molecular complexity index is 906. The Morgan fingerprint density at radius 2 is 1.81 bits per heavy atom. The third-order valence-corrected chi connectivity index (χ3v) is 4.76. The lowest BCUT2D eigenvalue weighted by Crippen LogP contribution is -2.50. The average Bonchev–Trinajstić information content (AvgIpc) is 3.25. The Balaban J connectivity index is 1.34. The second-order valence-electron chi connectivity index (χ2n) is 6.14. The maximum Gasteiger partial charge on any atom is 0.322 e. The van der Waals surface area contributed by atoms with Crippen molar-refractivity contribution in [1.82, 2.24) is 15.1 Å². The van der Waals surface area contributed by atoms with E-state index in [0.29, 0.717) is 48.3 Å². The first-order chi connectivity index (χ1) is 13.2. The molecule has 1 aliphatic heterocycles. The van der Waals surface area contributed by atoms with Crippen LogP contribution in [0.3, 0.4) is 0 Å². The van der Waals surface area contributed by atoms with Crippen LogP contribution in [0.25, 0.3) is 11.5 Å². The van der Waals surface area contributed by atoms with Crippen LogP contribution in [0, 0.1) is 0 Å². The van der Waals surface area contributed by atoms with Gasteiger partial charge in [0.05, 0.1) is 17.0 Å². The molecule has 1 fully saturated rings. The minimum atomic E-state index is -0.151. The summed E-state index contributed by atoms with van der Waals surface area (Å²) < 4.78 is 5.33. The number of carbonyl (C=O) groups excluding carboxylic acids is 1. The second-order valence-corrected chi connectivity index (χ2v) is 6.55. The van der Waals surface area contributed by atoms with Gasteiger partial charge in [0.1, 0.15) is 5.69 Å². The van der Waals surface area contributed by atoms with Crippen molar-refractivity contribution in [2.75, 3.05) is 36.4 Å². The normalized spacial score (nSPS) is 14.3. The number of piperazine rings is 1. The molecule has 7 nitrogen and oxygen atoms in total. The summed E-state index contributed by atoms with van der Waals surface area (Å²) in [4.78, 5) is 16.3. The van der Waals surface area contributed by atoms with Gasteiger partial charge in [-0.05, 0) is 36.4 Å². The van der Waals surface area contributed by atoms with Gasteiger partial charge >= 0.3 is 6.03 Å². The van der Waals surface area contributed by atoms with Crippen molar-refractivity contribution < 1.29 is 9.21 Å². The largest absolute Gasteiger partial charge is 0.463 e. The van der Waals surface area contributed by atoms with Crippen molar-refractivity contribution in [2.45, 2.75) is 0 Å². The van der Waals surface area contributed by atoms with Crippen molar-refractivity contribution in [1.29, 1.82) is 0 Å². The molecule has 0 unspecified atom stereocenters. The number of halogens is 1. The second kappa shape index (κ2) is 7.67. The van der Waals surface area contributed by atoms with Crippen LogP contribution in [0.2, 0.25) is 5.02 Å². The Morgan fingerprint density at radius 3 is 2.48 bits per heavy atom. The number of benzene rings is 1. The van der Waals surface area contributed by atoms with E-state index in [1.54, 1.807) is 23.3 Å². The number of hydrogen-bond acceptors (Lipinski definition) is 5. The fourth-order valence-electron chi connectivity index (χ4n) is 2.95. The number of para-hydroxylation sites is 1. The molecule has 0 radical (unpaired) electrons. The van der Waals surface area contributed by atoms with E-state index in [0.717, 1.165) is 5.82 Å². The Morgan fingerprint density at radius 1 is 1.00 bits per heavy atom. The highest BCUT2D eigenvalue weighted by atomic mass is 35.5. The zero-order valence-electron chi connectivity index (χ0n) is 14.5. The van der Waals surface area contributed by atoms with E-state index in [1.807, 2.05) is 36.4 Å². The topological polar surface area (TPSA) is 74.5 Å². The van der Waals surface area contributed by atoms with Crippen LogP contribution >= 0.6 is 11.6 Å². The number of carbonyl (C=O) groups is 1. The summed E-state index contributed by atoms with van der Waals surface area (Å²) >= 11 is 6.10. The standard InChI is InChI=1S/C19H18ClN5O2/c20-14-4-1-2-5-15(14)21-19(26)25-11-9-24(10-12-25)18-8-7-16(22-23-18)17-6-3-13-27-17/h1-8,13H,9-12H2,(H,21,26). The number of furan rings is 1. The lowest BCUT2D eigenvalue weighted by Gasteiger charge is -2.35. The Hall–Kier alpha value is -3.06. The molecule has 1 N–H and O–H groups in total. The van der Waals surface area contributed by atoms with Gasteiger partial charge in [0.2, 0.25) is 0 Å². The van der Waals surface area contributed by atoms with E-state index in [4.69, 9.17) is 16.0 Å². The molecular weight excluding hydrogens is 366 g/mol. The third-order valence-electron chi connectivity index (χ3n) is 4.43. The molecule has 0 saturated carbocycles. The molecule has 0 bridgehead atoms. The molecule has 3 aromatic rings. The van der Waals surface area contributed by atoms with Crippen LogP contribution in [0.4, 0.5) is 16.3 Å². The van der Waals surface area contributed by atoms with Gasteiger partial charge in [0.25, 0.3) is 0 Å². The first-order valence-corrected chi connectivity index (χ1v) is 9.01. The molecule has 27 heavy (non-hydrogen) atoms. The van der Waals surface area contributed by atoms with Gasteiger partial charge < -0.3 is 19.5 Å². The highest BCUT2D eigenvalue weighted by Crippen LogP contribution is 2.22. The summed E-state index contributed by atoms with van der Waals surface area (Å²) in [6.45, 7) is 2.56. The number of amides is 2. The number of aromatic nitrogens is 2. The van der Waals surface area contributed by atoms with Gasteiger partial charge in [-0.2, -0.15) is 0 Å². The van der Waals surface area contributed by atoms with Gasteiger partial charge in [-0.3, -0.25) is 0 Å². The number of urea groups is 1. The number of rotatable bonds is 3. The lowest BCUT2D eigenvalue weighted by atomic mass is 10.3. The average molecular weight is 384 g/mol. The number of anilines is 2. The van der Waals surface area contributed by atoms with E-state index in [-0.39, 0.29) is 6.03 Å². The quantitative estimate of drug-likeness (QED) is 0.745. The minimum Gasteiger partial charge on any atom is -0.463 e. The zero-order valence-corrected chi connectivity index (χ0v) is 15.3. The fourth-order valence-corrected chi connectivity index (χ4v) is 3.13. The van der Waals surface area contributed by atoms with E-state index in [9.17, 15) is 4.79 Å². The van der Waals surface area contributed by atoms with Crippen LogP contribution < -0.4 is 10.2 Å². The molecule has 1 aromatic carbocycles. The highest BCUT2D eigenvalue weighted by Gasteiger charge is 2.22. The molecule has 138 valence electrons. The Kier molecular flexibility index (Phi) is 4.93. The molecule has 2 amide bonds. The first kappa shape index (κ1) is 17.4. The fraction of sp³-hybridized carbons (Fsp3) is 0.211. The van der Waals surface area contributed by atoms with E-state index in [2.05, 4.69) is 20.4 Å². The van der Waals surface area contributed by atoms with Gasteiger partial charge in [-0.25, -0.2) is 4.79 Å². The molecular formula is C19H18ClN5O2. The van der Waals surface area contributed by atoms with E-state index >= 15 is 0 Å². The number of nitrogens with one attached hydrogen (secondary N) is 1. The summed E-state index contributed by atoms with van der Waals surface area (Å²) in [5, 5.41) is 11.9. The molecule has 3 heterocycles. The molecule has 0 atom stereocenters. The zero-order chi connectivity index (χ0) is 18.6. The summed E-state index contributed by atoms with van der Waals surface area (Å²) in [6.07, 6.45) is 1.61. The van der Waals surface area contributed by atoms with Crippen LogP contribution in [0.5, 0.6) is 0 Å². The third kappa shape index (κ3) is 3.88. The lowest BCUT2D eigenvalue weighted by molar-refractivity contribution is 0.208. The van der Waals surface area contributed by atoms with Gasteiger partial charge in [-0.15, -0.1) is 10.2 Å². The maximum atomic E-state index is 12.4. The van der Waals surface area contributed by atoms with Crippen molar-refractivity contribution >= 4 is 29.1 Å². The number of nitrogens with zero attached hydrogens (tertiary/aromatic N) is 4. The van der Waals surface area contributed by atoms with Gasteiger partial charge in [-0.1, -0.05) is 23.7 Å². The van der Waals surface area contributed by atoms with Crippen LogP contribution in [-0.4, -0.2) is 47.3 Å². The monoisotopic (exact) mass is 383 g/mol. The Labute approximate surface area is 161 Å².